The summed E-state index contributed by atoms with van der Waals surface area (Å²) in [5, 5.41) is 8.13. The van der Waals surface area contributed by atoms with Gasteiger partial charge in [0.2, 0.25) is 0 Å². The molecule has 0 aliphatic carbocycles. The summed E-state index contributed by atoms with van der Waals surface area (Å²) in [6.45, 7) is 1.19. The lowest BCUT2D eigenvalue weighted by molar-refractivity contribution is 0.393. The Kier molecular flexibility index (Phi) is 6.27. The van der Waals surface area contributed by atoms with Crippen molar-refractivity contribution in [3.05, 3.63) is 35.7 Å². The Hall–Kier alpha value is -1.79. The third-order valence-electron chi connectivity index (χ3n) is 2.74. The minimum absolute atomic E-state index is 0. The largest absolute Gasteiger partial charge is 0.497 e. The molecule has 0 bridgehead atoms. The highest BCUT2D eigenvalue weighted by molar-refractivity contribution is 5.85. The third-order valence-corrected chi connectivity index (χ3v) is 2.74. The van der Waals surface area contributed by atoms with Gasteiger partial charge in [-0.05, 0) is 24.2 Å². The second kappa shape index (κ2) is 7.72. The van der Waals surface area contributed by atoms with Gasteiger partial charge in [0.1, 0.15) is 11.5 Å². The number of methoxy groups -OCH3 is 2. The van der Waals surface area contributed by atoms with E-state index in [0.29, 0.717) is 13.1 Å². The van der Waals surface area contributed by atoms with E-state index in [1.54, 1.807) is 18.9 Å². The molecule has 2 rings (SSSR count). The molecule has 7 heteroatoms. The van der Waals surface area contributed by atoms with Gasteiger partial charge < -0.3 is 15.2 Å². The zero-order valence-electron chi connectivity index (χ0n) is 11.6. The fraction of sp³-hybridized carbons (Fsp3) is 0.385. The van der Waals surface area contributed by atoms with Gasteiger partial charge in [0.25, 0.3) is 0 Å². The number of aromatic nitrogens is 3. The van der Waals surface area contributed by atoms with E-state index >= 15 is 0 Å². The topological polar surface area (TPSA) is 75.2 Å². The van der Waals surface area contributed by atoms with Crippen LogP contribution in [0.5, 0.6) is 11.5 Å². The zero-order chi connectivity index (χ0) is 13.7. The highest BCUT2D eigenvalue weighted by Crippen LogP contribution is 2.22. The van der Waals surface area contributed by atoms with Crippen molar-refractivity contribution in [2.45, 2.75) is 13.0 Å². The molecular formula is C13H19ClN4O2. The molecule has 2 N–H and O–H groups in total. The second-order valence-corrected chi connectivity index (χ2v) is 4.17. The van der Waals surface area contributed by atoms with Gasteiger partial charge in [0.05, 0.1) is 26.5 Å². The van der Waals surface area contributed by atoms with E-state index in [-0.39, 0.29) is 12.4 Å². The fourth-order valence-corrected chi connectivity index (χ4v) is 1.82. The van der Waals surface area contributed by atoms with Crippen LogP contribution in [0.4, 0.5) is 0 Å². The summed E-state index contributed by atoms with van der Waals surface area (Å²) >= 11 is 0. The Balaban J connectivity index is 0.00000200. The summed E-state index contributed by atoms with van der Waals surface area (Å²) in [4.78, 5) is 0. The Morgan fingerprint density at radius 1 is 1.15 bits per heavy atom. The van der Waals surface area contributed by atoms with Crippen molar-refractivity contribution in [3.63, 3.8) is 0 Å². The molecule has 1 aromatic carbocycles. The van der Waals surface area contributed by atoms with Crippen LogP contribution in [0.3, 0.4) is 0 Å². The van der Waals surface area contributed by atoms with Crippen LogP contribution >= 0.6 is 12.4 Å². The van der Waals surface area contributed by atoms with Crippen LogP contribution in [0.25, 0.3) is 0 Å². The van der Waals surface area contributed by atoms with E-state index < -0.39 is 0 Å². The Morgan fingerprint density at radius 2 is 1.80 bits per heavy atom. The molecule has 0 saturated carbocycles. The van der Waals surface area contributed by atoms with Gasteiger partial charge in [-0.15, -0.1) is 17.5 Å². The van der Waals surface area contributed by atoms with E-state index in [1.807, 2.05) is 24.4 Å². The van der Waals surface area contributed by atoms with Gasteiger partial charge in [-0.1, -0.05) is 5.21 Å². The Morgan fingerprint density at radius 3 is 2.35 bits per heavy atom. The number of nitrogens with two attached hydrogens (primary N) is 1. The molecule has 110 valence electrons. The first-order chi connectivity index (χ1) is 9.25. The molecule has 0 atom stereocenters. The molecule has 0 spiro atoms. The van der Waals surface area contributed by atoms with Crippen LogP contribution < -0.4 is 15.2 Å². The zero-order valence-corrected chi connectivity index (χ0v) is 12.4. The predicted molar refractivity (Wildman–Crippen MR) is 78.7 cm³/mol. The van der Waals surface area contributed by atoms with E-state index in [1.165, 1.54) is 0 Å². The lowest BCUT2D eigenvalue weighted by Gasteiger charge is -2.08. The molecule has 0 saturated heterocycles. The van der Waals surface area contributed by atoms with Crippen molar-refractivity contribution >= 4 is 12.4 Å². The summed E-state index contributed by atoms with van der Waals surface area (Å²) in [7, 11) is 3.26. The van der Waals surface area contributed by atoms with Crippen LogP contribution in [0, 0.1) is 0 Å². The predicted octanol–water partition coefficient (Wildman–Crippen LogP) is 1.27. The van der Waals surface area contributed by atoms with Crippen molar-refractivity contribution in [3.8, 4) is 11.5 Å². The van der Waals surface area contributed by atoms with Crippen LogP contribution in [0.2, 0.25) is 0 Å². The monoisotopic (exact) mass is 298 g/mol. The maximum atomic E-state index is 5.49. The molecule has 20 heavy (non-hydrogen) atoms. The first-order valence-corrected chi connectivity index (χ1v) is 6.06. The fourth-order valence-electron chi connectivity index (χ4n) is 1.82. The Labute approximate surface area is 124 Å². The quantitative estimate of drug-likeness (QED) is 0.869. The van der Waals surface area contributed by atoms with E-state index in [2.05, 4.69) is 10.3 Å². The average Bonchev–Trinajstić information content (AvgIpc) is 2.86. The standard InChI is InChI=1S/C13H18N4O2.ClH/c1-18-12-5-10(6-13(7-12)19-2)8-17-9-11(3-4-14)15-16-17;/h5-7,9H,3-4,8,14H2,1-2H3;1H. The van der Waals surface area contributed by atoms with Crippen molar-refractivity contribution in [1.29, 1.82) is 0 Å². The number of hydrogen-bond donors (Lipinski definition) is 1. The van der Waals surface area contributed by atoms with Gasteiger partial charge in [0.15, 0.2) is 0 Å². The molecule has 0 fully saturated rings. The Bertz CT molecular complexity index is 523. The van der Waals surface area contributed by atoms with Crippen molar-refractivity contribution in [2.24, 2.45) is 5.73 Å². The number of hydrogen-bond acceptors (Lipinski definition) is 5. The van der Waals surface area contributed by atoms with Crippen molar-refractivity contribution in [2.75, 3.05) is 20.8 Å². The van der Waals surface area contributed by atoms with Crippen LogP contribution in [-0.2, 0) is 13.0 Å². The molecule has 1 heterocycles. The van der Waals surface area contributed by atoms with Gasteiger partial charge >= 0.3 is 0 Å². The summed E-state index contributed by atoms with van der Waals surface area (Å²) in [5.41, 5.74) is 7.43. The molecule has 0 unspecified atom stereocenters. The summed E-state index contributed by atoms with van der Waals surface area (Å²) in [5.74, 6) is 1.52. The third kappa shape index (κ3) is 4.11. The van der Waals surface area contributed by atoms with Crippen molar-refractivity contribution in [1.82, 2.24) is 15.0 Å². The molecule has 0 amide bonds. The minimum Gasteiger partial charge on any atom is -0.497 e. The molecule has 6 nitrogen and oxygen atoms in total. The normalized spacial score (nSPS) is 9.95. The first kappa shape index (κ1) is 16.3. The van der Waals surface area contributed by atoms with Gasteiger partial charge in [-0.25, -0.2) is 4.68 Å². The molecule has 0 radical (unpaired) electrons. The highest BCUT2D eigenvalue weighted by atomic mass is 35.5. The second-order valence-electron chi connectivity index (χ2n) is 4.17. The van der Waals surface area contributed by atoms with Gasteiger partial charge in [-0.3, -0.25) is 0 Å². The molecule has 2 aromatic rings. The molecule has 0 aliphatic rings. The number of ether oxygens (including phenoxy) is 2. The first-order valence-electron chi connectivity index (χ1n) is 6.06. The summed E-state index contributed by atoms with van der Waals surface area (Å²) in [6, 6.07) is 5.74. The summed E-state index contributed by atoms with van der Waals surface area (Å²) < 4.78 is 12.3. The van der Waals surface area contributed by atoms with Crippen molar-refractivity contribution < 1.29 is 9.47 Å². The number of nitrogens with zero attached hydrogens (tertiary/aromatic N) is 3. The van der Waals surface area contributed by atoms with E-state index in [4.69, 9.17) is 15.2 Å². The molecule has 0 aliphatic heterocycles. The maximum Gasteiger partial charge on any atom is 0.122 e. The molecular weight excluding hydrogens is 280 g/mol. The number of rotatable bonds is 6. The van der Waals surface area contributed by atoms with Crippen LogP contribution in [0.1, 0.15) is 11.3 Å². The van der Waals surface area contributed by atoms with Gasteiger partial charge in [0, 0.05) is 18.7 Å². The van der Waals surface area contributed by atoms with E-state index in [9.17, 15) is 0 Å². The maximum absolute atomic E-state index is 5.49. The van der Waals surface area contributed by atoms with Gasteiger partial charge in [-0.2, -0.15) is 0 Å². The van der Waals surface area contributed by atoms with Crippen LogP contribution in [-0.4, -0.2) is 35.8 Å². The average molecular weight is 299 g/mol. The minimum atomic E-state index is 0. The molecule has 1 aromatic heterocycles. The lowest BCUT2D eigenvalue weighted by Crippen LogP contribution is -2.03. The SMILES string of the molecule is COc1cc(Cn2cc(CCN)nn2)cc(OC)c1.Cl. The smallest absolute Gasteiger partial charge is 0.122 e. The van der Waals surface area contributed by atoms with E-state index in [0.717, 1.165) is 29.2 Å². The number of halogens is 1. The lowest BCUT2D eigenvalue weighted by atomic mass is 10.2. The van der Waals surface area contributed by atoms with Crippen LogP contribution in [0.15, 0.2) is 24.4 Å². The summed E-state index contributed by atoms with van der Waals surface area (Å²) in [6.07, 6.45) is 2.64. The number of benzene rings is 1. The highest BCUT2D eigenvalue weighted by Gasteiger charge is 2.05.